The van der Waals surface area contributed by atoms with E-state index in [9.17, 15) is 9.90 Å². The Bertz CT molecular complexity index is 613. The van der Waals surface area contributed by atoms with Crippen molar-refractivity contribution < 1.29 is 14.6 Å². The van der Waals surface area contributed by atoms with Crippen molar-refractivity contribution in [3.8, 4) is 11.5 Å². The van der Waals surface area contributed by atoms with Crippen LogP contribution in [0.1, 0.15) is 50.0 Å². The van der Waals surface area contributed by atoms with Gasteiger partial charge in [0, 0.05) is 0 Å². The molecule has 3 N–H and O–H groups in total. The Hall–Kier alpha value is -1.97. The molecule has 0 aromatic heterocycles. The van der Waals surface area contributed by atoms with Crippen LogP contribution in [-0.4, -0.2) is 18.1 Å². The van der Waals surface area contributed by atoms with Crippen LogP contribution in [0.4, 0.5) is 0 Å². The third-order valence-corrected chi connectivity index (χ3v) is 5.43. The molecule has 4 nitrogen and oxygen atoms in total. The molecule has 2 saturated carbocycles. The number of hydrogen-bond donors (Lipinski definition) is 2. The zero-order valence-corrected chi connectivity index (χ0v) is 14.3. The summed E-state index contributed by atoms with van der Waals surface area (Å²) in [5.41, 5.74) is 6.56. The van der Waals surface area contributed by atoms with Crippen LogP contribution in [-0.2, 0) is 4.79 Å². The smallest absolute Gasteiger partial charge is 0.225 e. The van der Waals surface area contributed by atoms with Crippen LogP contribution in [0.2, 0.25) is 0 Å². The van der Waals surface area contributed by atoms with E-state index in [1.165, 1.54) is 20.0 Å². The summed E-state index contributed by atoms with van der Waals surface area (Å²) in [5.74, 6) is 1.60. The number of nitrogens with two attached hydrogens (primary N) is 1. The van der Waals surface area contributed by atoms with Crippen LogP contribution >= 0.6 is 0 Å². The minimum atomic E-state index is -0.312. The Morgan fingerprint density at radius 1 is 1.17 bits per heavy atom. The maximum absolute atomic E-state index is 12.1. The van der Waals surface area contributed by atoms with Crippen LogP contribution in [0, 0.1) is 17.8 Å². The van der Waals surface area contributed by atoms with E-state index < -0.39 is 0 Å². The zero-order valence-electron chi connectivity index (χ0n) is 14.3. The highest BCUT2D eigenvalue weighted by Crippen LogP contribution is 2.41. The fourth-order valence-electron chi connectivity index (χ4n) is 3.83. The molecule has 0 aliphatic heterocycles. The Balaban J connectivity index is 1.69. The number of benzene rings is 1. The van der Waals surface area contributed by atoms with E-state index in [4.69, 9.17) is 10.5 Å². The van der Waals surface area contributed by atoms with E-state index in [0.717, 1.165) is 37.2 Å². The first kappa shape index (κ1) is 16.9. The lowest BCUT2D eigenvalue weighted by atomic mass is 9.73. The highest BCUT2D eigenvalue weighted by atomic mass is 16.5. The first-order chi connectivity index (χ1) is 11.6. The van der Waals surface area contributed by atoms with Gasteiger partial charge in [0.15, 0.2) is 11.5 Å². The van der Waals surface area contributed by atoms with E-state index in [0.29, 0.717) is 11.7 Å². The molecule has 0 saturated heterocycles. The number of carbonyl (C=O) groups is 1. The molecule has 2 aliphatic carbocycles. The Morgan fingerprint density at radius 2 is 1.75 bits per heavy atom. The number of ether oxygens (including phenoxy) is 1. The van der Waals surface area contributed by atoms with Crippen molar-refractivity contribution >= 4 is 5.91 Å². The summed E-state index contributed by atoms with van der Waals surface area (Å²) < 4.78 is 5.17. The van der Waals surface area contributed by atoms with E-state index in [2.05, 4.69) is 12.2 Å². The second-order valence-electron chi connectivity index (χ2n) is 7.21. The first-order valence-corrected chi connectivity index (χ1v) is 8.93. The van der Waals surface area contributed by atoms with Gasteiger partial charge in [-0.15, -0.1) is 0 Å². The molecule has 0 radical (unpaired) electrons. The lowest BCUT2D eigenvalue weighted by Crippen LogP contribution is -2.30. The third kappa shape index (κ3) is 3.92. The van der Waals surface area contributed by atoms with Gasteiger partial charge in [-0.1, -0.05) is 18.2 Å². The summed E-state index contributed by atoms with van der Waals surface area (Å²) >= 11 is 0. The molecule has 3 rings (SSSR count). The minimum Gasteiger partial charge on any atom is -0.504 e. The molecule has 1 unspecified atom stereocenters. The standard InChI is InChI=1S/C20H27NO3/c1-24-18-12-16(10-11-17(18)22)19(20(21)23)15-8-6-14(7-9-15)5-4-13-2-3-13/h4-5,10-15,19,22H,2-3,6-9H2,1H3,(H2,21,23)/b5-4+. The van der Waals surface area contributed by atoms with Gasteiger partial charge >= 0.3 is 0 Å². The molecule has 24 heavy (non-hydrogen) atoms. The van der Waals surface area contributed by atoms with E-state index in [-0.39, 0.29) is 23.5 Å². The van der Waals surface area contributed by atoms with Crippen LogP contribution < -0.4 is 10.5 Å². The number of allylic oxidation sites excluding steroid dienone is 2. The molecular formula is C20H27NO3. The van der Waals surface area contributed by atoms with Crippen LogP contribution in [0.25, 0.3) is 0 Å². The van der Waals surface area contributed by atoms with Gasteiger partial charge in [0.25, 0.3) is 0 Å². The SMILES string of the molecule is COc1cc(C(C(N)=O)C2CCC(/C=C/C3CC3)CC2)ccc1O. The molecule has 1 aromatic carbocycles. The normalized spacial score (nSPS) is 25.5. The van der Waals surface area contributed by atoms with Gasteiger partial charge in [0.2, 0.25) is 5.91 Å². The minimum absolute atomic E-state index is 0.0818. The van der Waals surface area contributed by atoms with Gasteiger partial charge in [0.05, 0.1) is 13.0 Å². The van der Waals surface area contributed by atoms with Crippen molar-refractivity contribution in [1.29, 1.82) is 0 Å². The molecule has 1 atom stereocenters. The molecule has 4 heteroatoms. The lowest BCUT2D eigenvalue weighted by Gasteiger charge is -2.32. The van der Waals surface area contributed by atoms with Gasteiger partial charge in [0.1, 0.15) is 0 Å². The monoisotopic (exact) mass is 329 g/mol. The Labute approximate surface area is 143 Å². The summed E-state index contributed by atoms with van der Waals surface area (Å²) in [5, 5.41) is 9.76. The van der Waals surface area contributed by atoms with Crippen molar-refractivity contribution in [2.75, 3.05) is 7.11 Å². The fraction of sp³-hybridized carbons (Fsp3) is 0.550. The predicted octanol–water partition coefficient (Wildman–Crippen LogP) is 3.74. The van der Waals surface area contributed by atoms with Gasteiger partial charge in [-0.2, -0.15) is 0 Å². The van der Waals surface area contributed by atoms with E-state index >= 15 is 0 Å². The van der Waals surface area contributed by atoms with Crippen LogP contribution in [0.3, 0.4) is 0 Å². The van der Waals surface area contributed by atoms with Crippen LogP contribution in [0.15, 0.2) is 30.4 Å². The van der Waals surface area contributed by atoms with Crippen molar-refractivity contribution in [3.05, 3.63) is 35.9 Å². The first-order valence-electron chi connectivity index (χ1n) is 8.93. The fourth-order valence-corrected chi connectivity index (χ4v) is 3.83. The number of aromatic hydroxyl groups is 1. The van der Waals surface area contributed by atoms with Crippen molar-refractivity contribution in [1.82, 2.24) is 0 Å². The highest BCUT2D eigenvalue weighted by molar-refractivity contribution is 5.82. The summed E-state index contributed by atoms with van der Waals surface area (Å²) in [4.78, 5) is 12.1. The number of rotatable bonds is 6. The second-order valence-corrected chi connectivity index (χ2v) is 7.21. The number of phenolic OH excluding ortho intramolecular Hbond substituents is 1. The maximum atomic E-state index is 12.1. The molecular weight excluding hydrogens is 302 g/mol. The molecule has 130 valence electrons. The van der Waals surface area contributed by atoms with Gasteiger partial charge in [-0.3, -0.25) is 4.79 Å². The number of amides is 1. The van der Waals surface area contributed by atoms with E-state index in [1.54, 1.807) is 18.2 Å². The topological polar surface area (TPSA) is 72.5 Å². The molecule has 0 bridgehead atoms. The van der Waals surface area contributed by atoms with E-state index in [1.807, 2.05) is 0 Å². The number of primary amides is 1. The summed E-state index contributed by atoms with van der Waals surface area (Å²) in [7, 11) is 1.51. The van der Waals surface area contributed by atoms with Crippen molar-refractivity contribution in [2.24, 2.45) is 23.5 Å². The summed E-state index contributed by atoms with van der Waals surface area (Å²) in [6, 6.07) is 5.10. The molecule has 0 spiro atoms. The largest absolute Gasteiger partial charge is 0.504 e. The third-order valence-electron chi connectivity index (χ3n) is 5.43. The maximum Gasteiger partial charge on any atom is 0.225 e. The van der Waals surface area contributed by atoms with Crippen molar-refractivity contribution in [3.63, 3.8) is 0 Å². The van der Waals surface area contributed by atoms with Crippen molar-refractivity contribution in [2.45, 2.75) is 44.4 Å². The number of methoxy groups -OCH3 is 1. The summed E-state index contributed by atoms with van der Waals surface area (Å²) in [6.45, 7) is 0. The van der Waals surface area contributed by atoms with Gasteiger partial charge < -0.3 is 15.6 Å². The number of carbonyl (C=O) groups excluding carboxylic acids is 1. The van der Waals surface area contributed by atoms with Crippen LogP contribution in [0.5, 0.6) is 11.5 Å². The number of phenols is 1. The second kappa shape index (κ2) is 7.29. The average Bonchev–Trinajstić information content (AvgIpc) is 3.40. The predicted molar refractivity (Wildman–Crippen MR) is 93.9 cm³/mol. The number of hydrogen-bond acceptors (Lipinski definition) is 3. The Kier molecular flexibility index (Phi) is 5.12. The zero-order chi connectivity index (χ0) is 17.1. The highest BCUT2D eigenvalue weighted by Gasteiger charge is 2.32. The quantitative estimate of drug-likeness (QED) is 0.781. The lowest BCUT2D eigenvalue weighted by molar-refractivity contribution is -0.121. The summed E-state index contributed by atoms with van der Waals surface area (Å²) in [6.07, 6.45) is 11.7. The van der Waals surface area contributed by atoms with Gasteiger partial charge in [-0.05, 0) is 74.0 Å². The molecule has 1 aromatic rings. The average molecular weight is 329 g/mol. The molecule has 1 amide bonds. The van der Waals surface area contributed by atoms with Gasteiger partial charge in [-0.25, -0.2) is 0 Å². The Morgan fingerprint density at radius 3 is 2.25 bits per heavy atom. The molecule has 2 fully saturated rings. The molecule has 2 aliphatic rings. The molecule has 0 heterocycles.